The number of carbonyl (C=O) groups is 2. The number of fused-ring (bicyclic) bond motifs is 1. The summed E-state index contributed by atoms with van der Waals surface area (Å²) in [6.07, 6.45) is -0.131. The van der Waals surface area contributed by atoms with Gasteiger partial charge in [-0.3, -0.25) is 10.1 Å². The second-order valence-corrected chi connectivity index (χ2v) is 9.06. The molecule has 4 aromatic rings. The maximum absolute atomic E-state index is 12.5. The Morgan fingerprint density at radius 3 is 2.60 bits per heavy atom. The van der Waals surface area contributed by atoms with E-state index in [1.807, 2.05) is 31.2 Å². The predicted octanol–water partition coefficient (Wildman–Crippen LogP) is 4.71. The van der Waals surface area contributed by atoms with Crippen LogP contribution in [0.3, 0.4) is 0 Å². The summed E-state index contributed by atoms with van der Waals surface area (Å²) in [5.74, 6) is 4.82. The van der Waals surface area contributed by atoms with Crippen LogP contribution in [0.4, 0.5) is 10.5 Å². The average molecular weight is 493 g/mol. The van der Waals surface area contributed by atoms with E-state index < -0.39 is 23.6 Å². The molecule has 1 aromatic carbocycles. The summed E-state index contributed by atoms with van der Waals surface area (Å²) in [6, 6.07) is 7.70. The molecule has 0 saturated heterocycles. The Labute approximate surface area is 203 Å². The molecule has 5 rings (SSSR count). The molecule has 35 heavy (non-hydrogen) atoms. The maximum atomic E-state index is 12.5. The summed E-state index contributed by atoms with van der Waals surface area (Å²) in [5.41, 5.74) is 2.08. The fourth-order valence-corrected chi connectivity index (χ4v) is 4.36. The van der Waals surface area contributed by atoms with Crippen LogP contribution < -0.4 is 5.32 Å². The van der Waals surface area contributed by atoms with Crippen molar-refractivity contribution in [3.05, 3.63) is 57.7 Å². The summed E-state index contributed by atoms with van der Waals surface area (Å²) in [4.78, 5) is 32.8. The zero-order valence-electron chi connectivity index (χ0n) is 19.0. The molecule has 11 heteroatoms. The smallest absolute Gasteiger partial charge is 0.412 e. The first kappa shape index (κ1) is 22.6. The number of amides is 1. The van der Waals surface area contributed by atoms with Crippen LogP contribution in [0.15, 0.2) is 33.1 Å². The van der Waals surface area contributed by atoms with Crippen molar-refractivity contribution >= 4 is 40.7 Å². The number of hydrogen-bond donors (Lipinski definition) is 2. The molecule has 1 saturated carbocycles. The molecule has 1 atom stereocenters. The number of nitrogens with zero attached hydrogens (tertiary/aromatic N) is 3. The highest BCUT2D eigenvalue weighted by molar-refractivity contribution is 7.07. The van der Waals surface area contributed by atoms with Crippen molar-refractivity contribution in [3.63, 3.8) is 0 Å². The average Bonchev–Trinajstić information content (AvgIpc) is 3.25. The number of nitrogens with one attached hydrogen (secondary N) is 1. The zero-order valence-corrected chi connectivity index (χ0v) is 19.9. The molecular weight excluding hydrogens is 472 g/mol. The number of aliphatic carboxylic acids is 1. The van der Waals surface area contributed by atoms with Crippen LogP contribution in [0.25, 0.3) is 11.4 Å². The zero-order chi connectivity index (χ0) is 24.7. The van der Waals surface area contributed by atoms with E-state index in [1.54, 1.807) is 13.8 Å². The lowest BCUT2D eigenvalue weighted by Crippen LogP contribution is -2.19. The molecule has 178 valence electrons. The van der Waals surface area contributed by atoms with Gasteiger partial charge in [0.2, 0.25) is 5.89 Å². The molecule has 1 unspecified atom stereocenters. The fourth-order valence-electron chi connectivity index (χ4n) is 3.66. The van der Waals surface area contributed by atoms with E-state index in [-0.39, 0.29) is 23.2 Å². The van der Waals surface area contributed by atoms with E-state index in [0.717, 1.165) is 22.7 Å². The van der Waals surface area contributed by atoms with Gasteiger partial charge in [0.05, 0.1) is 11.4 Å². The van der Waals surface area contributed by atoms with Gasteiger partial charge in [-0.1, -0.05) is 24.3 Å². The standard InChI is InChI=1S/C24H20N4O6S/c1-12-6-4-5-7-15(12)14(3)32-23(31)26-18-13(2)28-35-16(18)8-9-17-25-19-20(33-17)27-21(34-19)24(10-11-24)22(29)30/h4-7,14H,10-11H2,1-3H3,(H,26,31)(H,29,30). The van der Waals surface area contributed by atoms with Gasteiger partial charge in [-0.2, -0.15) is 14.3 Å². The molecule has 2 N–H and O–H groups in total. The number of benzene rings is 1. The number of aryl methyl sites for hydroxylation is 2. The number of ether oxygens (including phenoxy) is 1. The van der Waals surface area contributed by atoms with Gasteiger partial charge in [0.25, 0.3) is 17.3 Å². The van der Waals surface area contributed by atoms with Gasteiger partial charge in [0.15, 0.2) is 0 Å². The third kappa shape index (κ3) is 4.24. The lowest BCUT2D eigenvalue weighted by atomic mass is 10.1. The number of carbonyl (C=O) groups excluding carboxylic acids is 1. The Kier molecular flexibility index (Phi) is 5.53. The van der Waals surface area contributed by atoms with Crippen molar-refractivity contribution in [1.29, 1.82) is 0 Å². The third-order valence-corrected chi connectivity index (χ3v) is 6.68. The molecule has 1 aliphatic rings. The molecule has 3 heterocycles. The molecular formula is C24H20N4O6S. The van der Waals surface area contributed by atoms with Crippen molar-refractivity contribution in [1.82, 2.24) is 14.3 Å². The summed E-state index contributed by atoms with van der Waals surface area (Å²) < 4.78 is 20.8. The number of hydrogen-bond acceptors (Lipinski definition) is 9. The molecule has 0 spiro atoms. The Balaban J connectivity index is 1.30. The Hall–Kier alpha value is -4.17. The summed E-state index contributed by atoms with van der Waals surface area (Å²) >= 11 is 1.11. The SMILES string of the molecule is Cc1ccccc1C(C)OC(=O)Nc1c(C)nsc1C#Cc1nc2oc(C3(C(=O)O)CC3)nc2o1. The van der Waals surface area contributed by atoms with E-state index in [0.29, 0.717) is 29.1 Å². The summed E-state index contributed by atoms with van der Waals surface area (Å²) in [7, 11) is 0. The first-order valence-electron chi connectivity index (χ1n) is 10.8. The van der Waals surface area contributed by atoms with Gasteiger partial charge in [-0.25, -0.2) is 4.79 Å². The molecule has 10 nitrogen and oxygen atoms in total. The van der Waals surface area contributed by atoms with Crippen molar-refractivity contribution in [3.8, 4) is 11.8 Å². The molecule has 1 fully saturated rings. The van der Waals surface area contributed by atoms with E-state index in [9.17, 15) is 14.7 Å². The number of oxazole rings is 2. The number of carboxylic acids is 1. The Morgan fingerprint density at radius 1 is 1.17 bits per heavy atom. The topological polar surface area (TPSA) is 141 Å². The minimum atomic E-state index is -1.08. The van der Waals surface area contributed by atoms with Gasteiger partial charge in [-0.15, -0.1) is 0 Å². The van der Waals surface area contributed by atoms with Gasteiger partial charge < -0.3 is 18.7 Å². The Morgan fingerprint density at radius 2 is 1.91 bits per heavy atom. The molecule has 3 aromatic heterocycles. The summed E-state index contributed by atoms with van der Waals surface area (Å²) in [5, 5.41) is 12.1. The minimum Gasteiger partial charge on any atom is -0.480 e. The van der Waals surface area contributed by atoms with Crippen LogP contribution in [0.2, 0.25) is 0 Å². The van der Waals surface area contributed by atoms with E-state index in [4.69, 9.17) is 13.6 Å². The van der Waals surface area contributed by atoms with E-state index in [1.165, 1.54) is 0 Å². The molecule has 1 aliphatic carbocycles. The van der Waals surface area contributed by atoms with Crippen LogP contribution >= 0.6 is 11.5 Å². The first-order valence-corrected chi connectivity index (χ1v) is 11.6. The number of carboxylic acid groups (broad SMARTS) is 1. The number of anilines is 1. The normalized spacial score (nSPS) is 14.7. The second kappa shape index (κ2) is 8.56. The lowest BCUT2D eigenvalue weighted by Gasteiger charge is -2.16. The highest BCUT2D eigenvalue weighted by atomic mass is 32.1. The van der Waals surface area contributed by atoms with Crippen molar-refractivity contribution in [2.24, 2.45) is 0 Å². The first-order chi connectivity index (χ1) is 16.8. The molecule has 1 amide bonds. The fraction of sp³-hybridized carbons (Fsp3) is 0.292. The van der Waals surface area contributed by atoms with Crippen LogP contribution in [0, 0.1) is 25.7 Å². The van der Waals surface area contributed by atoms with Crippen LogP contribution in [-0.2, 0) is 14.9 Å². The van der Waals surface area contributed by atoms with Crippen LogP contribution in [0.1, 0.15) is 59.3 Å². The highest BCUT2D eigenvalue weighted by Gasteiger charge is 2.56. The van der Waals surface area contributed by atoms with Gasteiger partial charge in [0.1, 0.15) is 16.4 Å². The third-order valence-electron chi connectivity index (χ3n) is 5.83. The van der Waals surface area contributed by atoms with Gasteiger partial charge >= 0.3 is 12.1 Å². The largest absolute Gasteiger partial charge is 0.480 e. The van der Waals surface area contributed by atoms with E-state index >= 15 is 0 Å². The van der Waals surface area contributed by atoms with Crippen molar-refractivity contribution in [2.75, 3.05) is 5.32 Å². The van der Waals surface area contributed by atoms with Crippen LogP contribution in [0.5, 0.6) is 0 Å². The predicted molar refractivity (Wildman–Crippen MR) is 125 cm³/mol. The number of aromatic nitrogens is 3. The summed E-state index contributed by atoms with van der Waals surface area (Å²) in [6.45, 7) is 5.52. The monoisotopic (exact) mass is 492 g/mol. The number of rotatable bonds is 5. The minimum absolute atomic E-state index is 0.0470. The quantitative estimate of drug-likeness (QED) is 0.379. The molecule has 0 aliphatic heterocycles. The lowest BCUT2D eigenvalue weighted by molar-refractivity contribution is -0.140. The van der Waals surface area contributed by atoms with Gasteiger partial charge in [-0.05, 0) is 68.1 Å². The highest BCUT2D eigenvalue weighted by Crippen LogP contribution is 2.48. The van der Waals surface area contributed by atoms with Crippen LogP contribution in [-0.4, -0.2) is 31.5 Å². The van der Waals surface area contributed by atoms with Gasteiger partial charge in [0, 0.05) is 0 Å². The van der Waals surface area contributed by atoms with Crippen molar-refractivity contribution in [2.45, 2.75) is 45.1 Å². The molecule has 0 bridgehead atoms. The second-order valence-electron chi connectivity index (χ2n) is 8.29. The van der Waals surface area contributed by atoms with E-state index in [2.05, 4.69) is 31.5 Å². The maximum Gasteiger partial charge on any atom is 0.412 e. The van der Waals surface area contributed by atoms with Crippen molar-refractivity contribution < 1.29 is 28.3 Å². The Bertz CT molecular complexity index is 1490. The molecule has 0 radical (unpaired) electrons.